The largest absolute Gasteiger partial charge is 0.309 e. The van der Waals surface area contributed by atoms with Gasteiger partial charge >= 0.3 is 0 Å². The third-order valence-electron chi connectivity index (χ3n) is 5.63. The first kappa shape index (κ1) is 15.3. The molecule has 0 amide bonds. The SMILES string of the molecule is CCC1CNC(C)(CC)CN1CCC1CCCCC1. The Labute approximate surface area is 120 Å². The molecule has 2 heteroatoms. The lowest BCUT2D eigenvalue weighted by Crippen LogP contribution is -2.62. The smallest absolute Gasteiger partial charge is 0.0278 e. The number of piperazine rings is 1. The topological polar surface area (TPSA) is 15.3 Å². The molecule has 2 fully saturated rings. The van der Waals surface area contributed by atoms with Crippen LogP contribution in [0.3, 0.4) is 0 Å². The molecule has 1 saturated heterocycles. The van der Waals surface area contributed by atoms with Crippen LogP contribution in [0.1, 0.15) is 72.1 Å². The Kier molecular flexibility index (Phi) is 5.70. The Morgan fingerprint density at radius 1 is 1.16 bits per heavy atom. The van der Waals surface area contributed by atoms with E-state index in [9.17, 15) is 0 Å². The summed E-state index contributed by atoms with van der Waals surface area (Å²) in [6.07, 6.45) is 11.4. The van der Waals surface area contributed by atoms with Gasteiger partial charge in [-0.15, -0.1) is 0 Å². The molecule has 1 aliphatic heterocycles. The van der Waals surface area contributed by atoms with Gasteiger partial charge in [0, 0.05) is 24.7 Å². The number of nitrogens with zero attached hydrogens (tertiary/aromatic N) is 1. The van der Waals surface area contributed by atoms with Crippen molar-refractivity contribution in [2.24, 2.45) is 5.92 Å². The fourth-order valence-electron chi connectivity index (χ4n) is 3.85. The van der Waals surface area contributed by atoms with Crippen molar-refractivity contribution in [3.05, 3.63) is 0 Å². The van der Waals surface area contributed by atoms with E-state index >= 15 is 0 Å². The van der Waals surface area contributed by atoms with Gasteiger partial charge in [-0.2, -0.15) is 0 Å². The van der Waals surface area contributed by atoms with Crippen LogP contribution < -0.4 is 5.32 Å². The van der Waals surface area contributed by atoms with Gasteiger partial charge in [0.2, 0.25) is 0 Å². The first-order chi connectivity index (χ1) is 9.17. The highest BCUT2D eigenvalue weighted by molar-refractivity contribution is 4.94. The minimum absolute atomic E-state index is 0.345. The molecule has 0 bridgehead atoms. The summed E-state index contributed by atoms with van der Waals surface area (Å²) in [5.41, 5.74) is 0.345. The van der Waals surface area contributed by atoms with E-state index in [0.717, 1.165) is 12.0 Å². The van der Waals surface area contributed by atoms with E-state index in [4.69, 9.17) is 0 Å². The molecule has 2 nitrogen and oxygen atoms in total. The molecule has 0 spiro atoms. The van der Waals surface area contributed by atoms with Gasteiger partial charge in [-0.05, 0) is 38.6 Å². The highest BCUT2D eigenvalue weighted by Crippen LogP contribution is 2.28. The van der Waals surface area contributed by atoms with Crippen LogP contribution >= 0.6 is 0 Å². The van der Waals surface area contributed by atoms with E-state index in [1.165, 1.54) is 71.0 Å². The predicted molar refractivity (Wildman–Crippen MR) is 83.5 cm³/mol. The highest BCUT2D eigenvalue weighted by atomic mass is 15.2. The van der Waals surface area contributed by atoms with E-state index in [0.29, 0.717) is 5.54 Å². The van der Waals surface area contributed by atoms with E-state index < -0.39 is 0 Å². The average Bonchev–Trinajstić information content (AvgIpc) is 2.46. The number of rotatable bonds is 5. The van der Waals surface area contributed by atoms with Gasteiger partial charge in [-0.25, -0.2) is 0 Å². The van der Waals surface area contributed by atoms with Gasteiger partial charge < -0.3 is 5.32 Å². The molecule has 0 aromatic rings. The Morgan fingerprint density at radius 3 is 2.53 bits per heavy atom. The Hall–Kier alpha value is -0.0800. The zero-order valence-corrected chi connectivity index (χ0v) is 13.4. The van der Waals surface area contributed by atoms with E-state index in [1.54, 1.807) is 0 Å². The van der Waals surface area contributed by atoms with Crippen LogP contribution in [0.2, 0.25) is 0 Å². The summed E-state index contributed by atoms with van der Waals surface area (Å²) in [5.74, 6) is 1.02. The maximum Gasteiger partial charge on any atom is 0.0278 e. The number of hydrogen-bond acceptors (Lipinski definition) is 2. The molecule has 0 aromatic carbocycles. The van der Waals surface area contributed by atoms with Crippen molar-refractivity contribution in [3.63, 3.8) is 0 Å². The Balaban J connectivity index is 1.83. The summed E-state index contributed by atoms with van der Waals surface area (Å²) in [4.78, 5) is 2.79. The molecule has 19 heavy (non-hydrogen) atoms. The van der Waals surface area contributed by atoms with Crippen molar-refractivity contribution >= 4 is 0 Å². The fourth-order valence-corrected chi connectivity index (χ4v) is 3.85. The second-order valence-electron chi connectivity index (χ2n) is 7.12. The molecule has 2 atom stereocenters. The molecular weight excluding hydrogens is 232 g/mol. The van der Waals surface area contributed by atoms with Crippen molar-refractivity contribution in [1.82, 2.24) is 10.2 Å². The van der Waals surface area contributed by atoms with Crippen LogP contribution in [0.15, 0.2) is 0 Å². The third-order valence-corrected chi connectivity index (χ3v) is 5.63. The molecule has 2 unspecified atom stereocenters. The lowest BCUT2D eigenvalue weighted by molar-refractivity contribution is 0.0745. The van der Waals surface area contributed by atoms with Gasteiger partial charge in [-0.3, -0.25) is 4.90 Å². The van der Waals surface area contributed by atoms with Crippen LogP contribution in [0.4, 0.5) is 0 Å². The summed E-state index contributed by atoms with van der Waals surface area (Å²) in [5, 5.41) is 3.77. The van der Waals surface area contributed by atoms with Crippen molar-refractivity contribution < 1.29 is 0 Å². The predicted octanol–water partition coefficient (Wildman–Crippen LogP) is 3.81. The molecule has 112 valence electrons. The highest BCUT2D eigenvalue weighted by Gasteiger charge is 2.33. The molecule has 1 saturated carbocycles. The summed E-state index contributed by atoms with van der Waals surface area (Å²) >= 11 is 0. The molecule has 1 N–H and O–H groups in total. The van der Waals surface area contributed by atoms with Gasteiger partial charge in [0.05, 0.1) is 0 Å². The van der Waals surface area contributed by atoms with Crippen LogP contribution in [0.25, 0.3) is 0 Å². The molecular formula is C17H34N2. The summed E-state index contributed by atoms with van der Waals surface area (Å²) < 4.78 is 0. The Morgan fingerprint density at radius 2 is 1.89 bits per heavy atom. The lowest BCUT2D eigenvalue weighted by Gasteiger charge is -2.46. The molecule has 0 aromatic heterocycles. The average molecular weight is 266 g/mol. The number of nitrogens with one attached hydrogen (secondary N) is 1. The summed E-state index contributed by atoms with van der Waals surface area (Å²) in [6, 6.07) is 0.767. The van der Waals surface area contributed by atoms with E-state index in [1.807, 2.05) is 0 Å². The van der Waals surface area contributed by atoms with Gasteiger partial charge in [0.15, 0.2) is 0 Å². The van der Waals surface area contributed by atoms with Crippen LogP contribution in [0.5, 0.6) is 0 Å². The second-order valence-corrected chi connectivity index (χ2v) is 7.12. The van der Waals surface area contributed by atoms with Crippen LogP contribution in [-0.4, -0.2) is 36.1 Å². The molecule has 2 aliphatic rings. The van der Waals surface area contributed by atoms with Crippen molar-refractivity contribution in [2.75, 3.05) is 19.6 Å². The summed E-state index contributed by atoms with van der Waals surface area (Å²) in [7, 11) is 0. The van der Waals surface area contributed by atoms with Crippen molar-refractivity contribution in [3.8, 4) is 0 Å². The maximum atomic E-state index is 3.77. The standard InChI is InChI=1S/C17H34N2/c1-4-16-13-18-17(3,5-2)14-19(16)12-11-15-9-7-6-8-10-15/h15-16,18H,4-14H2,1-3H3. The first-order valence-electron chi connectivity index (χ1n) is 8.66. The fraction of sp³-hybridized carbons (Fsp3) is 1.00. The van der Waals surface area contributed by atoms with Gasteiger partial charge in [0.1, 0.15) is 0 Å². The molecule has 0 radical (unpaired) electrons. The van der Waals surface area contributed by atoms with Crippen LogP contribution in [-0.2, 0) is 0 Å². The normalized spacial score (nSPS) is 34.6. The molecule has 1 heterocycles. The van der Waals surface area contributed by atoms with Crippen LogP contribution in [0, 0.1) is 5.92 Å². The Bertz CT molecular complexity index is 260. The zero-order valence-electron chi connectivity index (χ0n) is 13.4. The van der Waals surface area contributed by atoms with E-state index in [-0.39, 0.29) is 0 Å². The first-order valence-corrected chi connectivity index (χ1v) is 8.66. The zero-order chi connectivity index (χ0) is 13.7. The minimum atomic E-state index is 0.345. The molecule has 2 rings (SSSR count). The lowest BCUT2D eigenvalue weighted by atomic mass is 9.86. The monoisotopic (exact) mass is 266 g/mol. The van der Waals surface area contributed by atoms with Gasteiger partial charge in [0.25, 0.3) is 0 Å². The minimum Gasteiger partial charge on any atom is -0.309 e. The van der Waals surface area contributed by atoms with Crippen molar-refractivity contribution in [1.29, 1.82) is 0 Å². The number of hydrogen-bond donors (Lipinski definition) is 1. The van der Waals surface area contributed by atoms with Crippen molar-refractivity contribution in [2.45, 2.75) is 83.7 Å². The third kappa shape index (κ3) is 4.19. The second kappa shape index (κ2) is 7.08. The summed E-state index contributed by atoms with van der Waals surface area (Å²) in [6.45, 7) is 10.8. The molecule has 1 aliphatic carbocycles. The van der Waals surface area contributed by atoms with Gasteiger partial charge in [-0.1, -0.05) is 46.0 Å². The van der Waals surface area contributed by atoms with E-state index in [2.05, 4.69) is 31.0 Å². The quantitative estimate of drug-likeness (QED) is 0.814. The maximum absolute atomic E-state index is 3.77.